The third-order valence-electron chi connectivity index (χ3n) is 3.01. The van der Waals surface area contributed by atoms with E-state index in [2.05, 4.69) is 48.1 Å². The van der Waals surface area contributed by atoms with Gasteiger partial charge in [0.2, 0.25) is 0 Å². The molecule has 3 heteroatoms. The molecule has 0 saturated carbocycles. The Balaban J connectivity index is 1.87. The van der Waals surface area contributed by atoms with Crippen LogP contribution in [0.1, 0.15) is 18.9 Å². The van der Waals surface area contributed by atoms with Crippen molar-refractivity contribution in [3.63, 3.8) is 0 Å². The molecule has 1 heterocycles. The van der Waals surface area contributed by atoms with Gasteiger partial charge in [-0.1, -0.05) is 25.1 Å². The summed E-state index contributed by atoms with van der Waals surface area (Å²) in [4.78, 5) is 0. The van der Waals surface area contributed by atoms with Crippen LogP contribution >= 0.6 is 23.1 Å². The predicted octanol–water partition coefficient (Wildman–Crippen LogP) is 4.13. The van der Waals surface area contributed by atoms with Gasteiger partial charge >= 0.3 is 0 Å². The lowest BCUT2D eigenvalue weighted by atomic mass is 10.2. The van der Waals surface area contributed by atoms with Gasteiger partial charge in [0.1, 0.15) is 0 Å². The van der Waals surface area contributed by atoms with E-state index >= 15 is 0 Å². The van der Waals surface area contributed by atoms with Crippen LogP contribution < -0.4 is 5.32 Å². The Kier molecular flexibility index (Phi) is 4.89. The van der Waals surface area contributed by atoms with Gasteiger partial charge in [-0.05, 0) is 41.6 Å². The molecule has 1 unspecified atom stereocenters. The summed E-state index contributed by atoms with van der Waals surface area (Å²) in [6.45, 7) is 4.38. The van der Waals surface area contributed by atoms with Crippen molar-refractivity contribution in [2.24, 2.45) is 0 Å². The first-order valence-electron chi connectivity index (χ1n) is 6.00. The van der Waals surface area contributed by atoms with Crippen molar-refractivity contribution in [2.75, 3.05) is 12.8 Å². The zero-order valence-corrected chi connectivity index (χ0v) is 12.0. The van der Waals surface area contributed by atoms with Crippen molar-refractivity contribution in [2.45, 2.75) is 25.1 Å². The molecule has 1 aromatic heterocycles. The second-order valence-electron chi connectivity index (χ2n) is 4.27. The van der Waals surface area contributed by atoms with Gasteiger partial charge in [0.25, 0.3) is 0 Å². The standard InChI is InChI=1S/C14H19NS2/c1-11(16-2)7-8-15-9-12-10-17-14-6-4-3-5-13(12)14/h3-6,10-11,15H,7-9H2,1-2H3. The van der Waals surface area contributed by atoms with Gasteiger partial charge in [0, 0.05) is 16.5 Å². The zero-order chi connectivity index (χ0) is 12.1. The van der Waals surface area contributed by atoms with Crippen LogP contribution in [0.5, 0.6) is 0 Å². The van der Waals surface area contributed by atoms with Gasteiger partial charge in [-0.15, -0.1) is 11.3 Å². The molecular weight excluding hydrogens is 246 g/mol. The number of rotatable bonds is 6. The van der Waals surface area contributed by atoms with Gasteiger partial charge in [0.15, 0.2) is 0 Å². The van der Waals surface area contributed by atoms with E-state index in [9.17, 15) is 0 Å². The molecule has 2 rings (SSSR count). The molecule has 0 aliphatic rings. The normalized spacial score (nSPS) is 13.1. The quantitative estimate of drug-likeness (QED) is 0.788. The Labute approximate surface area is 112 Å². The van der Waals surface area contributed by atoms with Crippen LogP contribution in [0.15, 0.2) is 29.6 Å². The molecule has 0 spiro atoms. The molecule has 1 aromatic carbocycles. The second-order valence-corrected chi connectivity index (χ2v) is 6.46. The highest BCUT2D eigenvalue weighted by Gasteiger charge is 2.03. The number of hydrogen-bond donors (Lipinski definition) is 1. The van der Waals surface area contributed by atoms with Crippen molar-refractivity contribution in [1.29, 1.82) is 0 Å². The minimum atomic E-state index is 0.752. The Morgan fingerprint density at radius 2 is 2.18 bits per heavy atom. The fourth-order valence-electron chi connectivity index (χ4n) is 1.82. The van der Waals surface area contributed by atoms with Crippen LogP contribution in [0.3, 0.4) is 0 Å². The fourth-order valence-corrected chi connectivity index (χ4v) is 3.13. The van der Waals surface area contributed by atoms with Gasteiger partial charge in [0.05, 0.1) is 0 Å². The lowest BCUT2D eigenvalue weighted by molar-refractivity contribution is 0.651. The van der Waals surface area contributed by atoms with Crippen LogP contribution in [0.25, 0.3) is 10.1 Å². The Morgan fingerprint density at radius 3 is 3.00 bits per heavy atom. The maximum atomic E-state index is 3.54. The number of thioether (sulfide) groups is 1. The maximum absolute atomic E-state index is 3.54. The third kappa shape index (κ3) is 3.47. The maximum Gasteiger partial charge on any atom is 0.0346 e. The van der Waals surface area contributed by atoms with Crippen molar-refractivity contribution >= 4 is 33.2 Å². The number of thiophene rings is 1. The van der Waals surface area contributed by atoms with E-state index < -0.39 is 0 Å². The summed E-state index contributed by atoms with van der Waals surface area (Å²) in [7, 11) is 0. The van der Waals surface area contributed by atoms with E-state index in [0.717, 1.165) is 18.3 Å². The van der Waals surface area contributed by atoms with Crippen molar-refractivity contribution in [3.05, 3.63) is 35.2 Å². The van der Waals surface area contributed by atoms with Crippen LogP contribution in [0, 0.1) is 0 Å². The highest BCUT2D eigenvalue weighted by molar-refractivity contribution is 7.99. The summed E-state index contributed by atoms with van der Waals surface area (Å²) in [5, 5.41) is 7.97. The Morgan fingerprint density at radius 1 is 1.35 bits per heavy atom. The highest BCUT2D eigenvalue weighted by Crippen LogP contribution is 2.25. The monoisotopic (exact) mass is 265 g/mol. The highest BCUT2D eigenvalue weighted by atomic mass is 32.2. The summed E-state index contributed by atoms with van der Waals surface area (Å²) in [6, 6.07) is 8.64. The summed E-state index contributed by atoms with van der Waals surface area (Å²) in [6.07, 6.45) is 3.42. The fraction of sp³-hybridized carbons (Fsp3) is 0.429. The van der Waals surface area contributed by atoms with E-state index in [1.807, 2.05) is 23.1 Å². The van der Waals surface area contributed by atoms with Gasteiger partial charge in [-0.3, -0.25) is 0 Å². The van der Waals surface area contributed by atoms with E-state index in [4.69, 9.17) is 0 Å². The molecule has 0 radical (unpaired) electrons. The first kappa shape index (κ1) is 12.9. The van der Waals surface area contributed by atoms with Crippen LogP contribution in [-0.2, 0) is 6.54 Å². The minimum absolute atomic E-state index is 0.752. The number of fused-ring (bicyclic) bond motifs is 1. The topological polar surface area (TPSA) is 12.0 Å². The Bertz CT molecular complexity index is 464. The van der Waals surface area contributed by atoms with Gasteiger partial charge < -0.3 is 5.32 Å². The second kappa shape index (κ2) is 6.43. The summed E-state index contributed by atoms with van der Waals surface area (Å²) >= 11 is 3.78. The van der Waals surface area contributed by atoms with Crippen LogP contribution in [0.2, 0.25) is 0 Å². The molecule has 0 saturated heterocycles. The minimum Gasteiger partial charge on any atom is -0.313 e. The molecule has 0 aliphatic carbocycles. The molecule has 1 nitrogen and oxygen atoms in total. The van der Waals surface area contributed by atoms with Gasteiger partial charge in [-0.25, -0.2) is 0 Å². The number of hydrogen-bond acceptors (Lipinski definition) is 3. The average Bonchev–Trinajstić information content (AvgIpc) is 2.78. The smallest absolute Gasteiger partial charge is 0.0346 e. The molecule has 1 N–H and O–H groups in total. The average molecular weight is 265 g/mol. The molecule has 17 heavy (non-hydrogen) atoms. The van der Waals surface area contributed by atoms with Crippen molar-refractivity contribution in [1.82, 2.24) is 5.32 Å². The van der Waals surface area contributed by atoms with E-state index in [-0.39, 0.29) is 0 Å². The van der Waals surface area contributed by atoms with E-state index in [1.165, 1.54) is 22.1 Å². The molecule has 0 bridgehead atoms. The van der Waals surface area contributed by atoms with Gasteiger partial charge in [-0.2, -0.15) is 11.8 Å². The molecule has 0 amide bonds. The molecule has 92 valence electrons. The van der Waals surface area contributed by atoms with Crippen LogP contribution in [-0.4, -0.2) is 18.1 Å². The number of nitrogens with one attached hydrogen (secondary N) is 1. The summed E-state index contributed by atoms with van der Waals surface area (Å²) in [5.74, 6) is 0. The molecule has 2 aromatic rings. The third-order valence-corrected chi connectivity index (χ3v) is 5.06. The lowest BCUT2D eigenvalue weighted by Crippen LogP contribution is -2.17. The molecule has 0 fully saturated rings. The zero-order valence-electron chi connectivity index (χ0n) is 10.4. The van der Waals surface area contributed by atoms with E-state index in [1.54, 1.807) is 0 Å². The summed E-state index contributed by atoms with van der Waals surface area (Å²) in [5.41, 5.74) is 1.43. The first-order valence-corrected chi connectivity index (χ1v) is 8.16. The number of benzene rings is 1. The lowest BCUT2D eigenvalue weighted by Gasteiger charge is -2.08. The first-order chi connectivity index (χ1) is 8.31. The molecular formula is C14H19NS2. The Hall–Kier alpha value is -0.510. The molecule has 0 aliphatic heterocycles. The SMILES string of the molecule is CSC(C)CCNCc1csc2ccccc12. The van der Waals surface area contributed by atoms with Crippen LogP contribution in [0.4, 0.5) is 0 Å². The largest absolute Gasteiger partial charge is 0.313 e. The van der Waals surface area contributed by atoms with E-state index in [0.29, 0.717) is 0 Å². The summed E-state index contributed by atoms with van der Waals surface area (Å²) < 4.78 is 1.39. The van der Waals surface area contributed by atoms with Crippen molar-refractivity contribution in [3.8, 4) is 0 Å². The molecule has 1 atom stereocenters. The van der Waals surface area contributed by atoms with Crippen molar-refractivity contribution < 1.29 is 0 Å². The predicted molar refractivity (Wildman–Crippen MR) is 81.1 cm³/mol.